The largest absolute Gasteiger partial charge is 0.309 e. The first-order chi connectivity index (χ1) is 25.0. The molecule has 2 aromatic heterocycles. The lowest BCUT2D eigenvalue weighted by Crippen LogP contribution is -2.42. The van der Waals surface area contributed by atoms with Gasteiger partial charge in [0.15, 0.2) is 17.5 Å². The number of benzene rings is 6. The summed E-state index contributed by atoms with van der Waals surface area (Å²) in [6.07, 6.45) is 0. The Kier molecular flexibility index (Phi) is 7.14. The molecule has 2 heterocycles. The van der Waals surface area contributed by atoms with Crippen LogP contribution in [0.2, 0.25) is 0 Å². The summed E-state index contributed by atoms with van der Waals surface area (Å²) in [5.74, 6) is 2.02. The van der Waals surface area contributed by atoms with Crippen LogP contribution in [0.25, 0.3) is 72.8 Å². The van der Waals surface area contributed by atoms with Crippen molar-refractivity contribution in [3.05, 3.63) is 157 Å². The number of hydrogen-bond acceptors (Lipinski definition) is 3. The van der Waals surface area contributed by atoms with Gasteiger partial charge in [0.05, 0.1) is 11.0 Å². The van der Waals surface area contributed by atoms with Crippen LogP contribution in [0.1, 0.15) is 52.7 Å². The van der Waals surface area contributed by atoms with Crippen molar-refractivity contribution in [1.82, 2.24) is 19.5 Å². The molecule has 0 N–H and O–H groups in total. The van der Waals surface area contributed by atoms with E-state index in [4.69, 9.17) is 15.0 Å². The molecule has 0 bridgehead atoms. The van der Waals surface area contributed by atoms with Crippen molar-refractivity contribution in [1.29, 1.82) is 0 Å². The van der Waals surface area contributed by atoms with Crippen LogP contribution in [-0.2, 0) is 10.8 Å². The first kappa shape index (κ1) is 32.1. The van der Waals surface area contributed by atoms with E-state index in [1.807, 2.05) is 18.2 Å². The van der Waals surface area contributed by atoms with Crippen LogP contribution < -0.4 is 0 Å². The molecule has 0 atom stereocenters. The van der Waals surface area contributed by atoms with E-state index in [2.05, 4.69) is 174 Å². The number of fused-ring (bicyclic) bond motifs is 4. The predicted octanol–water partition coefficient (Wildman–Crippen LogP) is 12.2. The van der Waals surface area contributed by atoms with Crippen molar-refractivity contribution >= 4 is 21.8 Å². The van der Waals surface area contributed by atoms with E-state index in [0.29, 0.717) is 17.5 Å². The molecule has 0 amide bonds. The summed E-state index contributed by atoms with van der Waals surface area (Å²) in [7, 11) is 0. The van der Waals surface area contributed by atoms with Crippen LogP contribution >= 0.6 is 0 Å². The lowest BCUT2D eigenvalue weighted by atomic mass is 9.59. The second kappa shape index (κ2) is 11.6. The minimum Gasteiger partial charge on any atom is -0.309 e. The molecule has 4 nitrogen and oxygen atoms in total. The summed E-state index contributed by atoms with van der Waals surface area (Å²) < 4.78 is 2.36. The standard InChI is InChI=1S/C48H42N4/c1-46(2)39-28-26-35(29-40(39)47(3,4)48(46,5)6)45-50-43(32-15-9-7-10-16-32)49-44(51-45)33-23-21-31(22-24-33)34-25-27-38-37-19-13-14-20-41(37)52(42(38)30-34)36-17-11-8-12-18-36/h7-30H,1-6H3. The topological polar surface area (TPSA) is 43.6 Å². The summed E-state index contributed by atoms with van der Waals surface area (Å²) in [5.41, 5.74) is 11.6. The second-order valence-corrected chi connectivity index (χ2v) is 15.8. The lowest BCUT2D eigenvalue weighted by Gasteiger charge is -2.44. The molecule has 0 saturated carbocycles. The summed E-state index contributed by atoms with van der Waals surface area (Å²) in [6.45, 7) is 14.3. The minimum atomic E-state index is -0.0196. The average Bonchev–Trinajstić information content (AvgIpc) is 3.56. The third-order valence-electron chi connectivity index (χ3n) is 12.6. The number of hydrogen-bond donors (Lipinski definition) is 0. The van der Waals surface area contributed by atoms with Gasteiger partial charge < -0.3 is 4.57 Å². The quantitative estimate of drug-likeness (QED) is 0.182. The van der Waals surface area contributed by atoms with E-state index < -0.39 is 0 Å². The van der Waals surface area contributed by atoms with Gasteiger partial charge in [-0.1, -0.05) is 157 Å². The van der Waals surface area contributed by atoms with Gasteiger partial charge in [-0.05, 0) is 68.8 Å². The maximum atomic E-state index is 5.13. The van der Waals surface area contributed by atoms with Crippen molar-refractivity contribution in [3.63, 3.8) is 0 Å². The maximum Gasteiger partial charge on any atom is 0.164 e. The Morgan fingerprint density at radius 3 is 1.58 bits per heavy atom. The van der Waals surface area contributed by atoms with Gasteiger partial charge >= 0.3 is 0 Å². The Morgan fingerprint density at radius 2 is 0.885 bits per heavy atom. The highest BCUT2D eigenvalue weighted by Gasteiger charge is 2.56. The maximum absolute atomic E-state index is 5.13. The van der Waals surface area contributed by atoms with Crippen LogP contribution in [0.4, 0.5) is 0 Å². The SMILES string of the molecule is CC1(C)c2ccc(-c3nc(-c4ccccc4)nc(-c4ccc(-c5ccc6c7ccccc7n(-c7ccccc7)c6c5)cc4)n3)cc2C(C)(C)C1(C)C. The fourth-order valence-electron chi connectivity index (χ4n) is 8.37. The van der Waals surface area contributed by atoms with Crippen LogP contribution in [0.3, 0.4) is 0 Å². The average molecular weight is 675 g/mol. The Morgan fingerprint density at radius 1 is 0.385 bits per heavy atom. The van der Waals surface area contributed by atoms with E-state index in [1.54, 1.807) is 0 Å². The first-order valence-electron chi connectivity index (χ1n) is 18.2. The second-order valence-electron chi connectivity index (χ2n) is 15.8. The third-order valence-corrected chi connectivity index (χ3v) is 12.6. The van der Waals surface area contributed by atoms with E-state index in [1.165, 1.54) is 32.9 Å². The molecule has 0 aliphatic heterocycles. The summed E-state index contributed by atoms with van der Waals surface area (Å²) in [6, 6.07) is 51.7. The summed E-state index contributed by atoms with van der Waals surface area (Å²) >= 11 is 0. The Balaban J connectivity index is 1.14. The molecule has 1 aliphatic rings. The van der Waals surface area contributed by atoms with E-state index >= 15 is 0 Å². The molecule has 254 valence electrons. The summed E-state index contributed by atoms with van der Waals surface area (Å²) in [5, 5.41) is 2.50. The Labute approximate surface area is 305 Å². The number of nitrogens with zero attached hydrogens (tertiary/aromatic N) is 4. The third kappa shape index (κ3) is 4.77. The van der Waals surface area contributed by atoms with Gasteiger partial charge in [0.1, 0.15) is 0 Å². The molecular formula is C48H42N4. The van der Waals surface area contributed by atoms with Crippen LogP contribution in [0.5, 0.6) is 0 Å². The zero-order valence-corrected chi connectivity index (χ0v) is 30.6. The predicted molar refractivity (Wildman–Crippen MR) is 216 cm³/mol. The Hall–Kier alpha value is -5.87. The highest BCUT2D eigenvalue weighted by atomic mass is 15.0. The minimum absolute atomic E-state index is 0.0196. The number of rotatable bonds is 5. The van der Waals surface area contributed by atoms with E-state index in [0.717, 1.165) is 33.5 Å². The molecule has 6 aromatic carbocycles. The molecule has 0 saturated heterocycles. The molecule has 0 spiro atoms. The molecule has 1 aliphatic carbocycles. The smallest absolute Gasteiger partial charge is 0.164 e. The van der Waals surface area contributed by atoms with E-state index in [-0.39, 0.29) is 16.2 Å². The van der Waals surface area contributed by atoms with Gasteiger partial charge in [0.2, 0.25) is 0 Å². The van der Waals surface area contributed by atoms with E-state index in [9.17, 15) is 0 Å². The number of para-hydroxylation sites is 2. The molecule has 0 unspecified atom stereocenters. The fraction of sp³-hybridized carbons (Fsp3) is 0.188. The zero-order chi connectivity index (χ0) is 35.8. The normalized spacial score (nSPS) is 15.6. The van der Waals surface area contributed by atoms with Gasteiger partial charge in [-0.2, -0.15) is 0 Å². The van der Waals surface area contributed by atoms with Crippen LogP contribution in [-0.4, -0.2) is 19.5 Å². The Bertz CT molecular complexity index is 2630. The monoisotopic (exact) mass is 674 g/mol. The molecule has 52 heavy (non-hydrogen) atoms. The van der Waals surface area contributed by atoms with Gasteiger partial charge in [-0.3, -0.25) is 0 Å². The lowest BCUT2D eigenvalue weighted by molar-refractivity contribution is 0.125. The van der Waals surface area contributed by atoms with Gasteiger partial charge in [-0.15, -0.1) is 0 Å². The van der Waals surface area contributed by atoms with Crippen molar-refractivity contribution in [2.24, 2.45) is 5.41 Å². The molecule has 4 heteroatoms. The molecule has 0 fully saturated rings. The zero-order valence-electron chi connectivity index (χ0n) is 30.6. The molecule has 8 aromatic rings. The van der Waals surface area contributed by atoms with Gasteiger partial charge in [-0.25, -0.2) is 15.0 Å². The van der Waals surface area contributed by atoms with Crippen molar-refractivity contribution in [2.45, 2.75) is 52.4 Å². The van der Waals surface area contributed by atoms with Crippen LogP contribution in [0, 0.1) is 5.41 Å². The summed E-state index contributed by atoms with van der Waals surface area (Å²) in [4.78, 5) is 15.2. The number of aromatic nitrogens is 4. The highest BCUT2D eigenvalue weighted by molar-refractivity contribution is 6.10. The van der Waals surface area contributed by atoms with Crippen LogP contribution in [0.15, 0.2) is 146 Å². The first-order valence-corrected chi connectivity index (χ1v) is 18.2. The molecule has 0 radical (unpaired) electrons. The highest BCUT2D eigenvalue weighted by Crippen LogP contribution is 2.61. The van der Waals surface area contributed by atoms with Gasteiger partial charge in [0, 0.05) is 33.2 Å². The molecule has 9 rings (SSSR count). The van der Waals surface area contributed by atoms with Crippen molar-refractivity contribution < 1.29 is 0 Å². The molecular weight excluding hydrogens is 633 g/mol. The van der Waals surface area contributed by atoms with Crippen molar-refractivity contribution in [3.8, 4) is 51.0 Å². The fourth-order valence-corrected chi connectivity index (χ4v) is 8.37. The van der Waals surface area contributed by atoms with Crippen molar-refractivity contribution in [2.75, 3.05) is 0 Å². The van der Waals surface area contributed by atoms with Gasteiger partial charge in [0.25, 0.3) is 0 Å².